The van der Waals surface area contributed by atoms with Gasteiger partial charge < -0.3 is 4.55 Å². The Morgan fingerprint density at radius 3 is 2.43 bits per heavy atom. The minimum Gasteiger partial charge on any atom is -0.744 e. The minimum atomic E-state index is -4.35. The summed E-state index contributed by atoms with van der Waals surface area (Å²) in [6, 6.07) is 6.12. The maximum atomic E-state index is 10.7. The van der Waals surface area contributed by atoms with Crippen LogP contribution in [0, 0.1) is 0 Å². The fourth-order valence-corrected chi connectivity index (χ4v) is 1.79. The van der Waals surface area contributed by atoms with E-state index < -0.39 is 10.1 Å². The van der Waals surface area contributed by atoms with Crippen LogP contribution >= 0.6 is 0 Å². The third-order valence-corrected chi connectivity index (χ3v) is 2.54. The molecule has 0 heterocycles. The fourth-order valence-electron chi connectivity index (χ4n) is 1.07. The van der Waals surface area contributed by atoms with Crippen molar-refractivity contribution in [3.63, 3.8) is 0 Å². The zero-order valence-corrected chi connectivity index (χ0v) is 11.9. The molecule has 0 fully saturated rings. The number of allylic oxidation sites excluding steroid dienone is 1. The first kappa shape index (κ1) is 14.5. The Balaban J connectivity index is 0.00000169. The maximum absolute atomic E-state index is 10.7. The molecule has 0 saturated carbocycles. The summed E-state index contributed by atoms with van der Waals surface area (Å²) in [7, 11) is -4.35. The molecule has 70 valence electrons. The van der Waals surface area contributed by atoms with E-state index in [0.29, 0.717) is 12.0 Å². The molecule has 1 aromatic rings. The van der Waals surface area contributed by atoms with E-state index in [1.54, 1.807) is 18.2 Å². The molecule has 0 saturated heterocycles. The van der Waals surface area contributed by atoms with Crippen molar-refractivity contribution in [2.24, 2.45) is 0 Å². The second-order valence-corrected chi connectivity index (χ2v) is 3.90. The van der Waals surface area contributed by atoms with E-state index in [1.807, 2.05) is 0 Å². The van der Waals surface area contributed by atoms with Gasteiger partial charge in [0.05, 0.1) is 4.90 Å². The number of benzene rings is 1. The van der Waals surface area contributed by atoms with E-state index in [1.165, 1.54) is 12.1 Å². The second-order valence-electron chi connectivity index (χ2n) is 2.55. The molecule has 0 spiro atoms. The summed E-state index contributed by atoms with van der Waals surface area (Å²) in [6.45, 7) is 3.48. The monoisotopic (exact) mass is 236 g/mol. The molecule has 5 heteroatoms. The molecule has 0 aliphatic carbocycles. The molecule has 0 atom stereocenters. The first-order valence-electron chi connectivity index (χ1n) is 3.70. The van der Waals surface area contributed by atoms with Gasteiger partial charge in [0.15, 0.2) is 0 Å². The molecule has 0 radical (unpaired) electrons. The van der Waals surface area contributed by atoms with Crippen molar-refractivity contribution < 1.29 is 64.4 Å². The van der Waals surface area contributed by atoms with Gasteiger partial charge in [-0.05, 0) is 18.1 Å². The summed E-state index contributed by atoms with van der Waals surface area (Å²) < 4.78 is 32.2. The zero-order chi connectivity index (χ0) is 9.90. The molecule has 1 rings (SSSR count). The third-order valence-electron chi connectivity index (χ3n) is 1.61. The predicted molar refractivity (Wildman–Crippen MR) is 48.3 cm³/mol. The summed E-state index contributed by atoms with van der Waals surface area (Å²) in [4.78, 5) is -0.157. The van der Waals surface area contributed by atoms with Gasteiger partial charge in [-0.2, -0.15) is 0 Å². The molecule has 0 amide bonds. The summed E-state index contributed by atoms with van der Waals surface area (Å²) in [5, 5.41) is 0. The molecular weight excluding hydrogens is 227 g/mol. The Bertz CT molecular complexity index is 412. The van der Waals surface area contributed by atoms with Crippen LogP contribution in [0.25, 0.3) is 0 Å². The molecule has 0 bridgehead atoms. The molecule has 0 aromatic heterocycles. The summed E-state index contributed by atoms with van der Waals surface area (Å²) >= 11 is 0. The molecule has 14 heavy (non-hydrogen) atoms. The van der Waals surface area contributed by atoms with Gasteiger partial charge in [0.2, 0.25) is 0 Å². The molecule has 0 N–H and O–H groups in total. The summed E-state index contributed by atoms with van der Waals surface area (Å²) in [5.74, 6) is 0. The summed E-state index contributed by atoms with van der Waals surface area (Å²) in [5.41, 5.74) is 0.493. The van der Waals surface area contributed by atoms with Crippen molar-refractivity contribution in [3.05, 3.63) is 42.5 Å². The normalized spacial score (nSPS) is 10.4. The van der Waals surface area contributed by atoms with Crippen molar-refractivity contribution >= 4 is 10.1 Å². The number of hydrogen-bond acceptors (Lipinski definition) is 3. The average molecular weight is 236 g/mol. The van der Waals surface area contributed by atoms with Crippen molar-refractivity contribution in [2.45, 2.75) is 11.3 Å². The van der Waals surface area contributed by atoms with E-state index in [0.717, 1.165) is 0 Å². The Morgan fingerprint density at radius 2 is 1.93 bits per heavy atom. The zero-order valence-electron chi connectivity index (χ0n) is 7.93. The van der Waals surface area contributed by atoms with Gasteiger partial charge in [0, 0.05) is 0 Å². The second kappa shape index (κ2) is 6.17. The topological polar surface area (TPSA) is 57.2 Å². The van der Waals surface area contributed by atoms with Crippen LogP contribution in [0.1, 0.15) is 5.56 Å². The van der Waals surface area contributed by atoms with Crippen LogP contribution in [-0.4, -0.2) is 13.0 Å². The van der Waals surface area contributed by atoms with Gasteiger partial charge in [0.25, 0.3) is 0 Å². The van der Waals surface area contributed by atoms with Crippen molar-refractivity contribution in [2.75, 3.05) is 0 Å². The standard InChI is InChI=1S/C9H10O3S.K/c1-2-5-8-6-3-4-7-9(8)13(10,11)12;/h2-4,6-7H,1,5H2,(H,10,11,12);/q;+1/p-1. The quantitative estimate of drug-likeness (QED) is 0.358. The SMILES string of the molecule is C=CCc1ccccc1S(=O)(=O)[O-].[K+]. The van der Waals surface area contributed by atoms with Gasteiger partial charge in [-0.15, -0.1) is 6.58 Å². The Labute approximate surface area is 126 Å². The number of rotatable bonds is 3. The van der Waals surface area contributed by atoms with Gasteiger partial charge in [-0.25, -0.2) is 8.42 Å². The van der Waals surface area contributed by atoms with E-state index >= 15 is 0 Å². The van der Waals surface area contributed by atoms with Crippen LogP contribution in [-0.2, 0) is 16.5 Å². The van der Waals surface area contributed by atoms with Crippen molar-refractivity contribution in [3.8, 4) is 0 Å². The molecule has 1 aromatic carbocycles. The van der Waals surface area contributed by atoms with E-state index in [9.17, 15) is 13.0 Å². The van der Waals surface area contributed by atoms with E-state index in [-0.39, 0.29) is 56.3 Å². The fraction of sp³-hybridized carbons (Fsp3) is 0.111. The Kier molecular flexibility index (Phi) is 6.39. The minimum absolute atomic E-state index is 0. The van der Waals surface area contributed by atoms with Gasteiger partial charge in [0.1, 0.15) is 10.1 Å². The van der Waals surface area contributed by atoms with Crippen LogP contribution in [0.3, 0.4) is 0 Å². The maximum Gasteiger partial charge on any atom is 1.00 e. The van der Waals surface area contributed by atoms with Crippen LogP contribution in [0.4, 0.5) is 0 Å². The van der Waals surface area contributed by atoms with E-state index in [2.05, 4.69) is 6.58 Å². The first-order valence-corrected chi connectivity index (χ1v) is 5.11. The van der Waals surface area contributed by atoms with Crippen LogP contribution < -0.4 is 51.4 Å². The van der Waals surface area contributed by atoms with Crippen LogP contribution in [0.5, 0.6) is 0 Å². The van der Waals surface area contributed by atoms with Gasteiger partial charge in [-0.1, -0.05) is 24.3 Å². The van der Waals surface area contributed by atoms with E-state index in [4.69, 9.17) is 0 Å². The molecule has 0 aliphatic heterocycles. The van der Waals surface area contributed by atoms with Crippen LogP contribution in [0.15, 0.2) is 41.8 Å². The summed E-state index contributed by atoms with van der Waals surface area (Å²) in [6.07, 6.45) is 1.95. The average Bonchev–Trinajstić information content (AvgIpc) is 2.04. The largest absolute Gasteiger partial charge is 1.00 e. The Morgan fingerprint density at radius 1 is 1.36 bits per heavy atom. The van der Waals surface area contributed by atoms with Gasteiger partial charge >= 0.3 is 51.4 Å². The third kappa shape index (κ3) is 3.94. The molecule has 0 unspecified atom stereocenters. The molecular formula is C9H9KO3S. The first-order chi connectivity index (χ1) is 6.05. The smallest absolute Gasteiger partial charge is 0.744 e. The number of hydrogen-bond donors (Lipinski definition) is 0. The van der Waals surface area contributed by atoms with Gasteiger partial charge in [-0.3, -0.25) is 0 Å². The van der Waals surface area contributed by atoms with Crippen molar-refractivity contribution in [1.29, 1.82) is 0 Å². The predicted octanol–water partition coefficient (Wildman–Crippen LogP) is -1.68. The Hall–Kier alpha value is 0.506. The van der Waals surface area contributed by atoms with Crippen molar-refractivity contribution in [1.82, 2.24) is 0 Å². The van der Waals surface area contributed by atoms with Crippen LogP contribution in [0.2, 0.25) is 0 Å². The molecule has 3 nitrogen and oxygen atoms in total. The molecule has 0 aliphatic rings.